The number of carbonyl (C=O) groups is 1. The Morgan fingerprint density at radius 1 is 1.50 bits per heavy atom. The zero-order valence-corrected chi connectivity index (χ0v) is 12.9. The molecule has 0 spiro atoms. The standard InChI is InChI=1S/C11H17N3O4S2/c1-8-6-13(2)4-3-5-14(8)20(17,18)11-9(10(15)16)12-7-19-11/h7-8H,3-6H2,1-2H3,(H,15,16). The van der Waals surface area contributed by atoms with Crippen molar-refractivity contribution in [3.8, 4) is 0 Å². The summed E-state index contributed by atoms with van der Waals surface area (Å²) in [4.78, 5) is 16.8. The van der Waals surface area contributed by atoms with Crippen LogP contribution in [0.15, 0.2) is 9.72 Å². The van der Waals surface area contributed by atoms with Crippen LogP contribution >= 0.6 is 11.3 Å². The summed E-state index contributed by atoms with van der Waals surface area (Å²) in [5, 5.41) is 9.03. The molecule has 1 saturated heterocycles. The first kappa shape index (κ1) is 15.4. The fourth-order valence-electron chi connectivity index (χ4n) is 2.37. The van der Waals surface area contributed by atoms with Crippen LogP contribution in [0.25, 0.3) is 0 Å². The minimum absolute atomic E-state index is 0.179. The van der Waals surface area contributed by atoms with Gasteiger partial charge < -0.3 is 10.0 Å². The smallest absolute Gasteiger partial charge is 0.356 e. The summed E-state index contributed by atoms with van der Waals surface area (Å²) in [5.74, 6) is -1.32. The van der Waals surface area contributed by atoms with E-state index in [0.717, 1.165) is 24.3 Å². The lowest BCUT2D eigenvalue weighted by molar-refractivity contribution is 0.0687. The fourth-order valence-corrected chi connectivity index (χ4v) is 5.29. The highest BCUT2D eigenvalue weighted by molar-refractivity contribution is 7.91. The number of carboxylic acids is 1. The van der Waals surface area contributed by atoms with Gasteiger partial charge in [0.05, 0.1) is 5.51 Å². The third-order valence-electron chi connectivity index (χ3n) is 3.27. The molecule has 112 valence electrons. The maximum atomic E-state index is 12.7. The van der Waals surface area contributed by atoms with E-state index in [2.05, 4.69) is 9.88 Å². The van der Waals surface area contributed by atoms with Gasteiger partial charge in [-0.1, -0.05) is 0 Å². The number of likely N-dealkylation sites (N-methyl/N-ethyl adjacent to an activating group) is 1. The SMILES string of the molecule is CC1CN(C)CCCN1S(=O)(=O)c1scnc1C(=O)O. The lowest BCUT2D eigenvalue weighted by atomic mass is 10.3. The summed E-state index contributed by atoms with van der Waals surface area (Å²) in [6.45, 7) is 3.68. The number of nitrogens with zero attached hydrogens (tertiary/aromatic N) is 3. The molecule has 7 nitrogen and oxygen atoms in total. The van der Waals surface area contributed by atoms with E-state index in [0.29, 0.717) is 13.1 Å². The summed E-state index contributed by atoms with van der Waals surface area (Å²) in [5.41, 5.74) is 0.866. The Morgan fingerprint density at radius 3 is 2.85 bits per heavy atom. The molecule has 0 aliphatic carbocycles. The second-order valence-corrected chi connectivity index (χ2v) is 7.81. The molecule has 1 N–H and O–H groups in total. The van der Waals surface area contributed by atoms with Gasteiger partial charge in [-0.25, -0.2) is 18.2 Å². The van der Waals surface area contributed by atoms with Crippen molar-refractivity contribution in [1.82, 2.24) is 14.2 Å². The van der Waals surface area contributed by atoms with Crippen LogP contribution in [0.4, 0.5) is 0 Å². The van der Waals surface area contributed by atoms with Crippen molar-refractivity contribution >= 4 is 27.3 Å². The molecule has 1 atom stereocenters. The number of aromatic nitrogens is 1. The Morgan fingerprint density at radius 2 is 2.20 bits per heavy atom. The quantitative estimate of drug-likeness (QED) is 0.875. The van der Waals surface area contributed by atoms with Crippen LogP contribution in [0, 0.1) is 0 Å². The predicted molar refractivity (Wildman–Crippen MR) is 74.5 cm³/mol. The zero-order chi connectivity index (χ0) is 14.9. The molecule has 1 unspecified atom stereocenters. The Bertz CT molecular complexity index is 599. The van der Waals surface area contributed by atoms with Crippen molar-refractivity contribution in [1.29, 1.82) is 0 Å². The molecule has 9 heteroatoms. The van der Waals surface area contributed by atoms with E-state index in [4.69, 9.17) is 5.11 Å². The van der Waals surface area contributed by atoms with Crippen LogP contribution in [-0.2, 0) is 10.0 Å². The first-order chi connectivity index (χ1) is 9.34. The second kappa shape index (κ2) is 5.76. The number of thiazole rings is 1. The highest BCUT2D eigenvalue weighted by Gasteiger charge is 2.35. The second-order valence-electron chi connectivity index (χ2n) is 4.87. The molecule has 1 aromatic rings. The Kier molecular flexibility index (Phi) is 4.43. The summed E-state index contributed by atoms with van der Waals surface area (Å²) < 4.78 is 26.5. The van der Waals surface area contributed by atoms with Gasteiger partial charge in [0.15, 0.2) is 9.90 Å². The Balaban J connectivity index is 2.38. The highest BCUT2D eigenvalue weighted by Crippen LogP contribution is 2.27. The van der Waals surface area contributed by atoms with Gasteiger partial charge in [-0.2, -0.15) is 4.31 Å². The molecular formula is C11H17N3O4S2. The number of hydrogen-bond acceptors (Lipinski definition) is 6. The van der Waals surface area contributed by atoms with Crippen molar-refractivity contribution in [3.05, 3.63) is 11.2 Å². The van der Waals surface area contributed by atoms with Crippen LogP contribution in [0.5, 0.6) is 0 Å². The predicted octanol–water partition coefficient (Wildman–Crippen LogP) is 0.556. The number of carboxylic acid groups (broad SMARTS) is 1. The number of sulfonamides is 1. The lowest BCUT2D eigenvalue weighted by Gasteiger charge is -2.26. The normalized spacial score (nSPS) is 22.6. The van der Waals surface area contributed by atoms with Crippen molar-refractivity contribution in [2.45, 2.75) is 23.6 Å². The minimum atomic E-state index is -3.81. The topological polar surface area (TPSA) is 90.8 Å². The Labute approximate surface area is 121 Å². The van der Waals surface area contributed by atoms with Crippen molar-refractivity contribution < 1.29 is 18.3 Å². The summed E-state index contributed by atoms with van der Waals surface area (Å²) >= 11 is 0.853. The average Bonchev–Trinajstić information content (AvgIpc) is 2.77. The number of hydrogen-bond donors (Lipinski definition) is 1. The largest absolute Gasteiger partial charge is 0.476 e. The third-order valence-corrected chi connectivity index (χ3v) is 6.63. The van der Waals surface area contributed by atoms with Crippen LogP contribution in [0.2, 0.25) is 0 Å². The van der Waals surface area contributed by atoms with E-state index in [1.165, 1.54) is 9.82 Å². The monoisotopic (exact) mass is 319 g/mol. The van der Waals surface area contributed by atoms with E-state index in [9.17, 15) is 13.2 Å². The van der Waals surface area contributed by atoms with Crippen molar-refractivity contribution in [3.63, 3.8) is 0 Å². The molecule has 0 aromatic carbocycles. The molecule has 0 amide bonds. The van der Waals surface area contributed by atoms with E-state index in [1.54, 1.807) is 0 Å². The van der Waals surface area contributed by atoms with Crippen LogP contribution in [0.1, 0.15) is 23.8 Å². The van der Waals surface area contributed by atoms with Crippen LogP contribution in [-0.4, -0.2) is 66.4 Å². The molecule has 0 radical (unpaired) electrons. The third kappa shape index (κ3) is 2.85. The fraction of sp³-hybridized carbons (Fsp3) is 0.636. The Hall–Kier alpha value is -1.03. The molecule has 1 fully saturated rings. The molecule has 2 rings (SSSR count). The lowest BCUT2D eigenvalue weighted by Crippen LogP contribution is -2.42. The molecule has 20 heavy (non-hydrogen) atoms. The molecule has 1 aliphatic heterocycles. The average molecular weight is 319 g/mol. The van der Waals surface area contributed by atoms with Gasteiger partial charge in [-0.15, -0.1) is 11.3 Å². The van der Waals surface area contributed by atoms with Crippen LogP contribution in [0.3, 0.4) is 0 Å². The van der Waals surface area contributed by atoms with Gasteiger partial charge in [0, 0.05) is 19.1 Å². The maximum Gasteiger partial charge on any atom is 0.356 e. The summed E-state index contributed by atoms with van der Waals surface area (Å²) in [7, 11) is -1.86. The molecule has 2 heterocycles. The van der Waals surface area contributed by atoms with Gasteiger partial charge in [-0.05, 0) is 26.9 Å². The highest BCUT2D eigenvalue weighted by atomic mass is 32.2. The molecule has 1 aliphatic rings. The van der Waals surface area contributed by atoms with E-state index in [-0.39, 0.29) is 15.9 Å². The van der Waals surface area contributed by atoms with Crippen LogP contribution < -0.4 is 0 Å². The van der Waals surface area contributed by atoms with Gasteiger partial charge in [-0.3, -0.25) is 0 Å². The van der Waals surface area contributed by atoms with E-state index >= 15 is 0 Å². The molecule has 0 bridgehead atoms. The molecule has 1 aromatic heterocycles. The maximum absolute atomic E-state index is 12.7. The van der Waals surface area contributed by atoms with Gasteiger partial charge in [0.25, 0.3) is 10.0 Å². The van der Waals surface area contributed by atoms with Gasteiger partial charge in [0.2, 0.25) is 0 Å². The minimum Gasteiger partial charge on any atom is -0.476 e. The van der Waals surface area contributed by atoms with E-state index in [1.807, 2.05) is 14.0 Å². The number of aromatic carboxylic acids is 1. The molecular weight excluding hydrogens is 302 g/mol. The van der Waals surface area contributed by atoms with Gasteiger partial charge in [0.1, 0.15) is 0 Å². The van der Waals surface area contributed by atoms with E-state index < -0.39 is 16.0 Å². The summed E-state index contributed by atoms with van der Waals surface area (Å²) in [6, 6.07) is -0.198. The van der Waals surface area contributed by atoms with Gasteiger partial charge >= 0.3 is 5.97 Å². The zero-order valence-electron chi connectivity index (χ0n) is 11.3. The summed E-state index contributed by atoms with van der Waals surface area (Å²) in [6.07, 6.45) is 0.723. The number of rotatable bonds is 3. The van der Waals surface area contributed by atoms with Crippen molar-refractivity contribution in [2.75, 3.05) is 26.7 Å². The first-order valence-electron chi connectivity index (χ1n) is 6.21. The van der Waals surface area contributed by atoms with Crippen molar-refractivity contribution in [2.24, 2.45) is 0 Å². The molecule has 0 saturated carbocycles. The first-order valence-corrected chi connectivity index (χ1v) is 8.53.